The summed E-state index contributed by atoms with van der Waals surface area (Å²) in [6, 6.07) is 0. The van der Waals surface area contributed by atoms with Crippen molar-refractivity contribution in [2.75, 3.05) is 6.61 Å². The largest absolute Gasteiger partial charge is 0.393 e. The highest BCUT2D eigenvalue weighted by atomic mass is 16.6. The third-order valence-corrected chi connectivity index (χ3v) is 10.8. The van der Waals surface area contributed by atoms with Crippen LogP contribution >= 0.6 is 0 Å². The van der Waals surface area contributed by atoms with E-state index in [1.165, 1.54) is 57.8 Å². The number of rotatable bonds is 5. The predicted molar refractivity (Wildman–Crippen MR) is 119 cm³/mol. The first-order valence-corrected chi connectivity index (χ1v) is 12.8. The summed E-state index contributed by atoms with van der Waals surface area (Å²) in [6.07, 6.45) is 16.8. The smallest absolute Gasteiger partial charge is 0.0888 e. The molecule has 1 saturated heterocycles. The van der Waals surface area contributed by atoms with Crippen LogP contribution in [0.25, 0.3) is 0 Å². The fourth-order valence-electron chi connectivity index (χ4n) is 8.88. The lowest BCUT2D eigenvalue weighted by atomic mass is 9.47. The van der Waals surface area contributed by atoms with Crippen molar-refractivity contribution in [2.45, 2.75) is 110 Å². The Bertz CT molecular complexity index is 663. The molecule has 5 aliphatic rings. The van der Waals surface area contributed by atoms with E-state index < -0.39 is 0 Å². The summed E-state index contributed by atoms with van der Waals surface area (Å²) < 4.78 is 5.61. The highest BCUT2D eigenvalue weighted by molar-refractivity contribution is 5.25. The lowest BCUT2D eigenvalue weighted by molar-refractivity contribution is -0.0573. The molecule has 0 aromatic heterocycles. The summed E-state index contributed by atoms with van der Waals surface area (Å²) in [5.74, 6) is 4.48. The van der Waals surface area contributed by atoms with E-state index in [0.29, 0.717) is 10.8 Å². The van der Waals surface area contributed by atoms with Gasteiger partial charge in [0.1, 0.15) is 0 Å². The molecule has 3 saturated carbocycles. The van der Waals surface area contributed by atoms with E-state index in [4.69, 9.17) is 4.74 Å². The zero-order valence-electron chi connectivity index (χ0n) is 19.4. The van der Waals surface area contributed by atoms with Crippen LogP contribution in [-0.4, -0.2) is 23.4 Å². The van der Waals surface area contributed by atoms with E-state index in [2.05, 4.69) is 33.8 Å². The minimum atomic E-state index is -0.0836. The van der Waals surface area contributed by atoms with Crippen LogP contribution in [0.15, 0.2) is 11.6 Å². The molecule has 0 amide bonds. The van der Waals surface area contributed by atoms with Gasteiger partial charge in [0.2, 0.25) is 0 Å². The normalized spacial score (nSPS) is 52.2. The fraction of sp³-hybridized carbons (Fsp3) is 0.926. The number of fused-ring (bicyclic) bond motifs is 5. The Labute approximate surface area is 178 Å². The topological polar surface area (TPSA) is 32.8 Å². The van der Waals surface area contributed by atoms with Crippen LogP contribution in [0, 0.1) is 40.4 Å². The van der Waals surface area contributed by atoms with Crippen molar-refractivity contribution in [3.8, 4) is 0 Å². The maximum absolute atomic E-state index is 10.2. The molecule has 164 valence electrons. The summed E-state index contributed by atoms with van der Waals surface area (Å²) in [4.78, 5) is 0. The van der Waals surface area contributed by atoms with Crippen molar-refractivity contribution in [3.05, 3.63) is 11.6 Å². The first-order chi connectivity index (χ1) is 13.8. The van der Waals surface area contributed by atoms with Gasteiger partial charge in [-0.05, 0) is 105 Å². The fourth-order valence-corrected chi connectivity index (χ4v) is 8.88. The number of aliphatic hydroxyl groups excluding tert-OH is 1. The number of allylic oxidation sites excluding steroid dienone is 1. The second-order valence-corrected chi connectivity index (χ2v) is 12.5. The Morgan fingerprint density at radius 1 is 1.10 bits per heavy atom. The maximum Gasteiger partial charge on any atom is 0.0888 e. The van der Waals surface area contributed by atoms with E-state index >= 15 is 0 Å². The van der Waals surface area contributed by atoms with Gasteiger partial charge in [0, 0.05) is 0 Å². The van der Waals surface area contributed by atoms with Gasteiger partial charge < -0.3 is 9.84 Å². The van der Waals surface area contributed by atoms with E-state index in [1.807, 2.05) is 0 Å². The monoisotopic (exact) mass is 400 g/mol. The third kappa shape index (κ3) is 3.36. The number of ether oxygens (including phenoxy) is 1. The Morgan fingerprint density at radius 2 is 1.90 bits per heavy atom. The molecule has 0 spiro atoms. The third-order valence-electron chi connectivity index (χ3n) is 10.8. The summed E-state index contributed by atoms with van der Waals surface area (Å²) >= 11 is 0. The molecule has 9 atom stereocenters. The van der Waals surface area contributed by atoms with Gasteiger partial charge in [-0.2, -0.15) is 0 Å². The highest BCUT2D eigenvalue weighted by Crippen LogP contribution is 2.67. The SMILES string of the molecule is C[C@H](CCC[C@@]1(C)CO1)[C@H]1CC[C@H]2[C@@H]3CC=C4C[C@@H](O)CC[C@]4(C)[C@H]3CC[C@]12C. The molecule has 0 unspecified atom stereocenters. The molecular formula is C27H44O2. The number of hydrogen-bond acceptors (Lipinski definition) is 2. The Balaban J connectivity index is 1.29. The van der Waals surface area contributed by atoms with Crippen LogP contribution in [0.5, 0.6) is 0 Å². The molecule has 0 bridgehead atoms. The van der Waals surface area contributed by atoms with E-state index in [1.54, 1.807) is 5.57 Å². The average molecular weight is 401 g/mol. The molecule has 1 N–H and O–H groups in total. The molecule has 29 heavy (non-hydrogen) atoms. The molecule has 5 rings (SSSR count). The first-order valence-electron chi connectivity index (χ1n) is 12.8. The minimum Gasteiger partial charge on any atom is -0.393 e. The Kier molecular flexibility index (Phi) is 5.03. The lowest BCUT2D eigenvalue weighted by Crippen LogP contribution is -2.50. The van der Waals surface area contributed by atoms with Crippen LogP contribution < -0.4 is 0 Å². The zero-order chi connectivity index (χ0) is 20.4. The predicted octanol–water partition coefficient (Wildman–Crippen LogP) is 6.52. The van der Waals surface area contributed by atoms with Crippen LogP contribution in [0.3, 0.4) is 0 Å². The molecule has 0 aromatic carbocycles. The second kappa shape index (κ2) is 7.09. The molecule has 4 fully saturated rings. The van der Waals surface area contributed by atoms with Crippen LogP contribution in [0.4, 0.5) is 0 Å². The van der Waals surface area contributed by atoms with Crippen molar-refractivity contribution in [1.82, 2.24) is 0 Å². The number of aliphatic hydroxyl groups is 1. The van der Waals surface area contributed by atoms with Gasteiger partial charge in [-0.15, -0.1) is 0 Å². The highest BCUT2D eigenvalue weighted by Gasteiger charge is 2.59. The van der Waals surface area contributed by atoms with Crippen molar-refractivity contribution >= 4 is 0 Å². The Hall–Kier alpha value is -0.340. The van der Waals surface area contributed by atoms with Crippen LogP contribution in [-0.2, 0) is 4.74 Å². The van der Waals surface area contributed by atoms with E-state index in [-0.39, 0.29) is 11.7 Å². The molecule has 0 aromatic rings. The number of epoxide rings is 1. The summed E-state index contributed by atoms with van der Waals surface area (Å²) in [7, 11) is 0. The molecule has 1 aliphatic heterocycles. The summed E-state index contributed by atoms with van der Waals surface area (Å²) in [6.45, 7) is 11.1. The van der Waals surface area contributed by atoms with Gasteiger partial charge in [-0.25, -0.2) is 0 Å². The molecular weight excluding hydrogens is 356 g/mol. The van der Waals surface area contributed by atoms with Gasteiger partial charge in [0.15, 0.2) is 0 Å². The summed E-state index contributed by atoms with van der Waals surface area (Å²) in [5.41, 5.74) is 2.79. The zero-order valence-corrected chi connectivity index (χ0v) is 19.4. The minimum absolute atomic E-state index is 0.0836. The lowest BCUT2D eigenvalue weighted by Gasteiger charge is -2.58. The van der Waals surface area contributed by atoms with E-state index in [9.17, 15) is 5.11 Å². The van der Waals surface area contributed by atoms with Crippen molar-refractivity contribution in [1.29, 1.82) is 0 Å². The maximum atomic E-state index is 10.2. The molecule has 0 radical (unpaired) electrons. The van der Waals surface area contributed by atoms with Crippen LogP contribution in [0.1, 0.15) is 98.3 Å². The summed E-state index contributed by atoms with van der Waals surface area (Å²) in [5, 5.41) is 10.2. The molecule has 2 nitrogen and oxygen atoms in total. The molecule has 1 heterocycles. The molecule has 4 aliphatic carbocycles. The molecule has 2 heteroatoms. The van der Waals surface area contributed by atoms with Gasteiger partial charge >= 0.3 is 0 Å². The Morgan fingerprint density at radius 3 is 2.66 bits per heavy atom. The van der Waals surface area contributed by atoms with Gasteiger partial charge in [0.05, 0.1) is 18.3 Å². The van der Waals surface area contributed by atoms with Gasteiger partial charge in [0.25, 0.3) is 0 Å². The van der Waals surface area contributed by atoms with Gasteiger partial charge in [-0.3, -0.25) is 0 Å². The second-order valence-electron chi connectivity index (χ2n) is 12.5. The van der Waals surface area contributed by atoms with Crippen molar-refractivity contribution in [3.63, 3.8) is 0 Å². The van der Waals surface area contributed by atoms with Crippen molar-refractivity contribution < 1.29 is 9.84 Å². The first kappa shape index (κ1) is 20.6. The van der Waals surface area contributed by atoms with Crippen molar-refractivity contribution in [2.24, 2.45) is 40.4 Å². The number of hydrogen-bond donors (Lipinski definition) is 1. The van der Waals surface area contributed by atoms with Crippen LogP contribution in [0.2, 0.25) is 0 Å². The standard InChI is InChI=1S/C27H44O2/c1-18(6-5-13-25(2)17-29-25)22-9-10-23-21-8-7-19-16-20(28)11-14-26(19,3)24(21)12-15-27(22,23)4/h7,18,20-24,28H,5-6,8-17H2,1-4H3/t18-,20+,21+,22-,23+,24+,25+,26+,27-/m1/s1. The quantitative estimate of drug-likeness (QED) is 0.421. The van der Waals surface area contributed by atoms with E-state index in [0.717, 1.165) is 49.0 Å². The van der Waals surface area contributed by atoms with Gasteiger partial charge in [-0.1, -0.05) is 45.3 Å². The average Bonchev–Trinajstić information content (AvgIpc) is 3.29.